The van der Waals surface area contributed by atoms with Gasteiger partial charge in [-0.3, -0.25) is 9.59 Å². The molecule has 108 valence electrons. The molecule has 2 rings (SSSR count). The molecule has 1 aliphatic heterocycles. The fraction of sp³-hybridized carbons (Fsp3) is 0.385. The Morgan fingerprint density at radius 2 is 1.85 bits per heavy atom. The second-order valence-corrected chi connectivity index (χ2v) is 4.51. The predicted molar refractivity (Wildman–Crippen MR) is 65.0 cm³/mol. The topological polar surface area (TPSA) is 49.4 Å². The van der Waals surface area contributed by atoms with Gasteiger partial charge in [-0.1, -0.05) is 0 Å². The highest BCUT2D eigenvalue weighted by atomic mass is 19.4. The molecule has 1 N–H and O–H groups in total. The fourth-order valence-electron chi connectivity index (χ4n) is 1.96. The molecular weight excluding hydrogens is 273 g/mol. The van der Waals surface area contributed by atoms with Crippen LogP contribution in [-0.4, -0.2) is 36.3 Å². The van der Waals surface area contributed by atoms with Gasteiger partial charge in [0.1, 0.15) is 0 Å². The fourth-order valence-corrected chi connectivity index (χ4v) is 1.96. The molecule has 1 aromatic rings. The lowest BCUT2D eigenvalue weighted by Gasteiger charge is -2.19. The van der Waals surface area contributed by atoms with Crippen molar-refractivity contribution in [2.75, 3.05) is 19.6 Å². The van der Waals surface area contributed by atoms with Gasteiger partial charge >= 0.3 is 6.18 Å². The first-order chi connectivity index (χ1) is 9.38. The Morgan fingerprint density at radius 1 is 1.20 bits per heavy atom. The molecule has 0 saturated carbocycles. The molecule has 0 aromatic heterocycles. The van der Waals surface area contributed by atoms with E-state index < -0.39 is 17.6 Å². The van der Waals surface area contributed by atoms with Crippen molar-refractivity contribution in [3.05, 3.63) is 35.4 Å². The van der Waals surface area contributed by atoms with Gasteiger partial charge in [-0.2, -0.15) is 13.2 Å². The molecule has 0 radical (unpaired) electrons. The maximum absolute atomic E-state index is 12.4. The van der Waals surface area contributed by atoms with Crippen molar-refractivity contribution < 1.29 is 22.8 Å². The third-order valence-electron chi connectivity index (χ3n) is 3.01. The number of amides is 2. The summed E-state index contributed by atoms with van der Waals surface area (Å²) >= 11 is 0. The van der Waals surface area contributed by atoms with Crippen LogP contribution in [0.5, 0.6) is 0 Å². The van der Waals surface area contributed by atoms with E-state index in [2.05, 4.69) is 5.32 Å². The Morgan fingerprint density at radius 3 is 2.45 bits per heavy atom. The van der Waals surface area contributed by atoms with E-state index in [-0.39, 0.29) is 18.0 Å². The second kappa shape index (κ2) is 5.52. The summed E-state index contributed by atoms with van der Waals surface area (Å²) in [6.45, 7) is 0.827. The van der Waals surface area contributed by atoms with Crippen molar-refractivity contribution in [2.24, 2.45) is 0 Å². The minimum atomic E-state index is -4.43. The van der Waals surface area contributed by atoms with Crippen LogP contribution in [-0.2, 0) is 11.0 Å². The summed E-state index contributed by atoms with van der Waals surface area (Å²) in [4.78, 5) is 24.8. The van der Waals surface area contributed by atoms with Gasteiger partial charge < -0.3 is 10.2 Å². The van der Waals surface area contributed by atoms with Crippen LogP contribution in [0.25, 0.3) is 0 Å². The van der Waals surface area contributed by atoms with Crippen molar-refractivity contribution in [1.29, 1.82) is 0 Å². The molecule has 20 heavy (non-hydrogen) atoms. The van der Waals surface area contributed by atoms with Crippen molar-refractivity contribution in [2.45, 2.75) is 12.6 Å². The molecule has 7 heteroatoms. The van der Waals surface area contributed by atoms with Gasteiger partial charge in [-0.05, 0) is 30.7 Å². The lowest BCUT2D eigenvalue weighted by atomic mass is 10.1. The van der Waals surface area contributed by atoms with Crippen LogP contribution >= 0.6 is 0 Å². The van der Waals surface area contributed by atoms with Crippen LogP contribution in [0.15, 0.2) is 24.3 Å². The molecule has 0 spiro atoms. The van der Waals surface area contributed by atoms with Gasteiger partial charge in [0.15, 0.2) is 0 Å². The van der Waals surface area contributed by atoms with E-state index in [4.69, 9.17) is 0 Å². The van der Waals surface area contributed by atoms with Crippen molar-refractivity contribution >= 4 is 11.8 Å². The lowest BCUT2D eigenvalue weighted by molar-refractivity contribution is -0.137. The number of rotatable bonds is 1. The average Bonchev–Trinajstić information content (AvgIpc) is 2.62. The number of alkyl halides is 3. The van der Waals surface area contributed by atoms with Crippen molar-refractivity contribution in [1.82, 2.24) is 10.2 Å². The molecule has 1 aliphatic rings. The zero-order valence-electron chi connectivity index (χ0n) is 10.5. The zero-order chi connectivity index (χ0) is 14.8. The van der Waals surface area contributed by atoms with Crippen molar-refractivity contribution in [3.63, 3.8) is 0 Å². The van der Waals surface area contributed by atoms with Crippen LogP contribution in [0.1, 0.15) is 22.3 Å². The Labute approximate surface area is 113 Å². The number of hydrogen-bond donors (Lipinski definition) is 1. The summed E-state index contributed by atoms with van der Waals surface area (Å²) in [7, 11) is 0. The van der Waals surface area contributed by atoms with E-state index in [0.29, 0.717) is 19.5 Å². The highest BCUT2D eigenvalue weighted by Gasteiger charge is 2.30. The third kappa shape index (κ3) is 3.28. The van der Waals surface area contributed by atoms with Gasteiger partial charge in [-0.25, -0.2) is 0 Å². The number of hydrogen-bond acceptors (Lipinski definition) is 2. The van der Waals surface area contributed by atoms with Gasteiger partial charge in [0.2, 0.25) is 5.91 Å². The van der Waals surface area contributed by atoms with E-state index in [1.165, 1.54) is 4.90 Å². The number of carbonyl (C=O) groups excluding carboxylic acids is 2. The first-order valence-corrected chi connectivity index (χ1v) is 6.11. The molecular formula is C13H13F3N2O2. The van der Waals surface area contributed by atoms with Gasteiger partial charge in [0.05, 0.1) is 12.1 Å². The van der Waals surface area contributed by atoms with Crippen molar-refractivity contribution in [3.8, 4) is 0 Å². The first kappa shape index (κ1) is 14.4. The van der Waals surface area contributed by atoms with Crippen LogP contribution in [0, 0.1) is 0 Å². The highest BCUT2D eigenvalue weighted by molar-refractivity contribution is 5.96. The summed E-state index contributed by atoms with van der Waals surface area (Å²) in [6, 6.07) is 4.00. The Bertz CT molecular complexity index is 511. The monoisotopic (exact) mass is 286 g/mol. The normalized spacial score (nSPS) is 16.6. The molecule has 0 aliphatic carbocycles. The number of halogens is 3. The summed E-state index contributed by atoms with van der Waals surface area (Å²) in [6.07, 6.45) is -3.80. The Kier molecular flexibility index (Phi) is 3.96. The van der Waals surface area contributed by atoms with Crippen LogP contribution in [0.4, 0.5) is 13.2 Å². The van der Waals surface area contributed by atoms with E-state index in [0.717, 1.165) is 24.3 Å². The summed E-state index contributed by atoms with van der Waals surface area (Å²) in [5.74, 6) is -0.696. The van der Waals surface area contributed by atoms with E-state index in [9.17, 15) is 22.8 Å². The quantitative estimate of drug-likeness (QED) is 0.853. The van der Waals surface area contributed by atoms with Gasteiger partial charge in [-0.15, -0.1) is 0 Å². The minimum absolute atomic E-state index is 0.0696. The average molecular weight is 286 g/mol. The molecule has 1 saturated heterocycles. The zero-order valence-corrected chi connectivity index (χ0v) is 10.5. The van der Waals surface area contributed by atoms with E-state index in [1.807, 2.05) is 0 Å². The largest absolute Gasteiger partial charge is 0.416 e. The molecule has 0 bridgehead atoms. The van der Waals surface area contributed by atoms with Crippen LogP contribution in [0.2, 0.25) is 0 Å². The molecule has 1 heterocycles. The molecule has 0 atom stereocenters. The lowest BCUT2D eigenvalue weighted by Crippen LogP contribution is -2.37. The van der Waals surface area contributed by atoms with Crippen LogP contribution < -0.4 is 5.32 Å². The highest BCUT2D eigenvalue weighted by Crippen LogP contribution is 2.29. The van der Waals surface area contributed by atoms with Gasteiger partial charge in [0.25, 0.3) is 5.91 Å². The molecule has 4 nitrogen and oxygen atoms in total. The molecule has 1 aromatic carbocycles. The maximum Gasteiger partial charge on any atom is 0.416 e. The summed E-state index contributed by atoms with van der Waals surface area (Å²) < 4.78 is 37.3. The SMILES string of the molecule is O=C1CN(C(=O)c2ccc(C(F)(F)F)cc2)CCCN1. The van der Waals surface area contributed by atoms with E-state index >= 15 is 0 Å². The standard InChI is InChI=1S/C13H13F3N2O2/c14-13(15,16)10-4-2-9(3-5-10)12(20)18-7-1-6-17-11(19)8-18/h2-5H,1,6-8H2,(H,17,19). The third-order valence-corrected chi connectivity index (χ3v) is 3.01. The molecule has 0 unspecified atom stereocenters. The molecule has 2 amide bonds. The minimum Gasteiger partial charge on any atom is -0.354 e. The summed E-state index contributed by atoms with van der Waals surface area (Å²) in [5.41, 5.74) is -0.657. The number of nitrogens with one attached hydrogen (secondary N) is 1. The number of carbonyl (C=O) groups is 2. The number of nitrogens with zero attached hydrogens (tertiary/aromatic N) is 1. The van der Waals surface area contributed by atoms with Gasteiger partial charge in [0, 0.05) is 18.7 Å². The Balaban J connectivity index is 2.14. The first-order valence-electron chi connectivity index (χ1n) is 6.11. The second-order valence-electron chi connectivity index (χ2n) is 4.51. The maximum atomic E-state index is 12.4. The molecule has 1 fully saturated rings. The Hall–Kier alpha value is -2.05. The summed E-state index contributed by atoms with van der Waals surface area (Å²) in [5, 5.41) is 2.63. The predicted octanol–water partition coefficient (Wildman–Crippen LogP) is 1.67. The van der Waals surface area contributed by atoms with Crippen LogP contribution in [0.3, 0.4) is 0 Å². The van der Waals surface area contributed by atoms with E-state index in [1.54, 1.807) is 0 Å². The number of benzene rings is 1. The smallest absolute Gasteiger partial charge is 0.354 e.